The molecule has 1 saturated carbocycles. The Kier molecular flexibility index (Phi) is 7.09. The largest absolute Gasteiger partial charge is 0.314 e. The monoisotopic (exact) mass is 340 g/mol. The van der Waals surface area contributed by atoms with E-state index in [-0.39, 0.29) is 17.5 Å². The van der Waals surface area contributed by atoms with Crippen LogP contribution in [-0.4, -0.2) is 64.6 Å². The lowest BCUT2D eigenvalue weighted by Crippen LogP contribution is -2.44. The zero-order valence-electron chi connectivity index (χ0n) is 13.2. The molecule has 126 valence electrons. The van der Waals surface area contributed by atoms with Gasteiger partial charge in [-0.25, -0.2) is 21.1 Å². The standard InChI is InChI=1S/C13H28N2O4S2/c1-4-9-14-12-5-7-13(8-6-12)15(2)21(18,19)11-10-20(3,16)17/h12-14H,4-11H2,1-3H3. The molecule has 1 rings (SSSR count). The highest BCUT2D eigenvalue weighted by Crippen LogP contribution is 2.24. The first kappa shape index (κ1) is 18.9. The molecule has 0 aromatic rings. The molecule has 0 amide bonds. The van der Waals surface area contributed by atoms with E-state index in [0.717, 1.165) is 44.9 Å². The Bertz CT molecular complexity index is 508. The number of rotatable bonds is 8. The summed E-state index contributed by atoms with van der Waals surface area (Å²) in [6.45, 7) is 3.12. The van der Waals surface area contributed by atoms with Crippen LogP contribution in [0.15, 0.2) is 0 Å². The third-order valence-electron chi connectivity index (χ3n) is 4.04. The van der Waals surface area contributed by atoms with Crippen LogP contribution in [0.2, 0.25) is 0 Å². The minimum absolute atomic E-state index is 0.00534. The van der Waals surface area contributed by atoms with Crippen LogP contribution in [0, 0.1) is 0 Å². The molecule has 6 nitrogen and oxygen atoms in total. The van der Waals surface area contributed by atoms with Crippen LogP contribution in [0.5, 0.6) is 0 Å². The van der Waals surface area contributed by atoms with E-state index in [4.69, 9.17) is 0 Å². The molecule has 0 heterocycles. The quantitative estimate of drug-likeness (QED) is 0.700. The van der Waals surface area contributed by atoms with Gasteiger partial charge >= 0.3 is 0 Å². The summed E-state index contributed by atoms with van der Waals surface area (Å²) in [5.41, 5.74) is 0. The van der Waals surface area contributed by atoms with Crippen molar-refractivity contribution in [2.75, 3.05) is 31.4 Å². The maximum absolute atomic E-state index is 12.2. The van der Waals surface area contributed by atoms with Crippen molar-refractivity contribution in [3.05, 3.63) is 0 Å². The number of nitrogens with one attached hydrogen (secondary N) is 1. The summed E-state index contributed by atoms with van der Waals surface area (Å²) in [7, 11) is -5.18. The molecular weight excluding hydrogens is 312 g/mol. The average molecular weight is 341 g/mol. The van der Waals surface area contributed by atoms with Crippen molar-refractivity contribution >= 4 is 19.9 Å². The molecule has 0 saturated heterocycles. The van der Waals surface area contributed by atoms with Gasteiger partial charge in [0.1, 0.15) is 9.84 Å². The van der Waals surface area contributed by atoms with Crippen LogP contribution in [0.3, 0.4) is 0 Å². The van der Waals surface area contributed by atoms with Gasteiger partial charge in [0.2, 0.25) is 10.0 Å². The van der Waals surface area contributed by atoms with Crippen LogP contribution in [-0.2, 0) is 19.9 Å². The van der Waals surface area contributed by atoms with Crippen LogP contribution in [0.1, 0.15) is 39.0 Å². The van der Waals surface area contributed by atoms with E-state index in [1.54, 1.807) is 7.05 Å². The molecule has 0 atom stereocenters. The van der Waals surface area contributed by atoms with Gasteiger partial charge < -0.3 is 5.32 Å². The van der Waals surface area contributed by atoms with Gasteiger partial charge in [-0.2, -0.15) is 0 Å². The van der Waals surface area contributed by atoms with Crippen molar-refractivity contribution in [3.63, 3.8) is 0 Å². The third kappa shape index (κ3) is 6.63. The van der Waals surface area contributed by atoms with Gasteiger partial charge in [-0.15, -0.1) is 0 Å². The molecule has 1 N–H and O–H groups in total. The Morgan fingerprint density at radius 2 is 1.62 bits per heavy atom. The van der Waals surface area contributed by atoms with Crippen molar-refractivity contribution < 1.29 is 16.8 Å². The molecule has 0 aliphatic heterocycles. The molecule has 0 radical (unpaired) electrons. The molecule has 21 heavy (non-hydrogen) atoms. The minimum atomic E-state index is -3.49. The highest BCUT2D eigenvalue weighted by Gasteiger charge is 2.30. The Morgan fingerprint density at radius 1 is 1.05 bits per heavy atom. The summed E-state index contributed by atoms with van der Waals surface area (Å²) < 4.78 is 48.0. The smallest absolute Gasteiger partial charge is 0.215 e. The van der Waals surface area contributed by atoms with Gasteiger partial charge in [-0.3, -0.25) is 0 Å². The van der Waals surface area contributed by atoms with Crippen molar-refractivity contribution in [2.45, 2.75) is 51.1 Å². The summed E-state index contributed by atoms with van der Waals surface area (Å²) in [5.74, 6) is -0.635. The molecule has 0 spiro atoms. The lowest BCUT2D eigenvalue weighted by atomic mass is 9.91. The fraction of sp³-hybridized carbons (Fsp3) is 1.00. The highest BCUT2D eigenvalue weighted by molar-refractivity contribution is 7.93. The van der Waals surface area contributed by atoms with Gasteiger partial charge in [0, 0.05) is 25.4 Å². The number of hydrogen-bond acceptors (Lipinski definition) is 5. The van der Waals surface area contributed by atoms with E-state index >= 15 is 0 Å². The Balaban J connectivity index is 2.50. The second kappa shape index (κ2) is 7.89. The Labute approximate surface area is 129 Å². The second-order valence-corrected chi connectivity index (χ2v) is 10.3. The van der Waals surface area contributed by atoms with Gasteiger partial charge in [0.15, 0.2) is 0 Å². The molecule has 0 aromatic carbocycles. The first-order valence-corrected chi connectivity index (χ1v) is 11.2. The molecule has 0 bridgehead atoms. The molecule has 0 unspecified atom stereocenters. The lowest BCUT2D eigenvalue weighted by Gasteiger charge is -2.34. The summed E-state index contributed by atoms with van der Waals surface area (Å²) in [6, 6.07) is 0.475. The Morgan fingerprint density at radius 3 is 2.10 bits per heavy atom. The number of sulfone groups is 1. The minimum Gasteiger partial charge on any atom is -0.314 e. The van der Waals surface area contributed by atoms with E-state index in [1.165, 1.54) is 4.31 Å². The van der Waals surface area contributed by atoms with Crippen molar-refractivity contribution in [3.8, 4) is 0 Å². The molecule has 1 aliphatic carbocycles. The van der Waals surface area contributed by atoms with Crippen LogP contribution in [0.4, 0.5) is 0 Å². The van der Waals surface area contributed by atoms with Gasteiger partial charge in [-0.1, -0.05) is 6.92 Å². The van der Waals surface area contributed by atoms with E-state index in [2.05, 4.69) is 12.2 Å². The molecule has 1 fully saturated rings. The topological polar surface area (TPSA) is 83.6 Å². The number of hydrogen-bond donors (Lipinski definition) is 1. The first-order valence-electron chi connectivity index (χ1n) is 7.52. The lowest BCUT2D eigenvalue weighted by molar-refractivity contribution is 0.250. The van der Waals surface area contributed by atoms with E-state index in [9.17, 15) is 16.8 Å². The van der Waals surface area contributed by atoms with Crippen molar-refractivity contribution in [1.29, 1.82) is 0 Å². The predicted molar refractivity (Wildman–Crippen MR) is 85.6 cm³/mol. The fourth-order valence-corrected chi connectivity index (χ4v) is 5.63. The first-order chi connectivity index (χ1) is 9.65. The van der Waals surface area contributed by atoms with Gasteiger partial charge in [0.25, 0.3) is 0 Å². The molecule has 0 aromatic heterocycles. The third-order valence-corrected chi connectivity index (χ3v) is 7.14. The maximum atomic E-state index is 12.2. The van der Waals surface area contributed by atoms with E-state index in [1.807, 2.05) is 0 Å². The van der Waals surface area contributed by atoms with Crippen molar-refractivity contribution in [1.82, 2.24) is 9.62 Å². The van der Waals surface area contributed by atoms with Crippen molar-refractivity contribution in [2.24, 2.45) is 0 Å². The molecule has 8 heteroatoms. The van der Waals surface area contributed by atoms with E-state index < -0.39 is 19.9 Å². The summed E-state index contributed by atoms with van der Waals surface area (Å²) in [4.78, 5) is 0. The summed E-state index contributed by atoms with van der Waals surface area (Å²) in [6.07, 6.45) is 5.76. The van der Waals surface area contributed by atoms with E-state index in [0.29, 0.717) is 6.04 Å². The van der Waals surface area contributed by atoms with Crippen LogP contribution >= 0.6 is 0 Å². The second-order valence-electron chi connectivity index (χ2n) is 5.92. The van der Waals surface area contributed by atoms with Crippen LogP contribution < -0.4 is 5.32 Å². The molecule has 1 aliphatic rings. The SMILES string of the molecule is CCCNC1CCC(N(C)S(=O)(=O)CCS(C)(=O)=O)CC1. The fourth-order valence-electron chi connectivity index (χ4n) is 2.62. The highest BCUT2D eigenvalue weighted by atomic mass is 32.2. The number of sulfonamides is 1. The average Bonchev–Trinajstić information content (AvgIpc) is 2.42. The maximum Gasteiger partial charge on any atom is 0.215 e. The zero-order chi connectivity index (χ0) is 16.1. The Hall–Kier alpha value is -0.180. The zero-order valence-corrected chi connectivity index (χ0v) is 14.8. The van der Waals surface area contributed by atoms with Gasteiger partial charge in [0.05, 0.1) is 11.5 Å². The summed E-state index contributed by atoms with van der Waals surface area (Å²) >= 11 is 0. The predicted octanol–water partition coefficient (Wildman–Crippen LogP) is 0.603. The number of nitrogens with zero attached hydrogens (tertiary/aromatic N) is 1. The van der Waals surface area contributed by atoms with Gasteiger partial charge in [-0.05, 0) is 38.6 Å². The molecular formula is C13H28N2O4S2. The summed E-state index contributed by atoms with van der Waals surface area (Å²) in [5, 5.41) is 3.47. The normalized spacial score (nSPS) is 24.4. The van der Waals surface area contributed by atoms with Crippen LogP contribution in [0.25, 0.3) is 0 Å².